The van der Waals surface area contributed by atoms with Crippen molar-refractivity contribution in [2.45, 2.75) is 5.16 Å². The fourth-order valence-electron chi connectivity index (χ4n) is 1.01. The molecule has 13 heavy (non-hydrogen) atoms. The van der Waals surface area contributed by atoms with E-state index in [2.05, 4.69) is 19.9 Å². The molecule has 3 N–H and O–H groups in total. The largest absolute Gasteiger partial charge is 0.325 e. The third-order valence-corrected chi connectivity index (χ3v) is 2.14. The number of H-pyrrole nitrogens is 3. The molecule has 0 aliphatic rings. The molecule has 0 aliphatic carbocycles. The van der Waals surface area contributed by atoms with Crippen molar-refractivity contribution in [3.05, 3.63) is 20.8 Å². The Hall–Kier alpha value is -1.50. The number of hydrogen-bond acceptors (Lipinski definition) is 4. The molecule has 0 aromatic carbocycles. The molecule has 68 valence electrons. The lowest BCUT2D eigenvalue weighted by atomic mass is 10.6. The summed E-state index contributed by atoms with van der Waals surface area (Å²) in [6, 6.07) is 0. The lowest BCUT2D eigenvalue weighted by molar-refractivity contribution is 0.968. The molecule has 7 heteroatoms. The van der Waals surface area contributed by atoms with Gasteiger partial charge >= 0.3 is 5.69 Å². The van der Waals surface area contributed by atoms with Crippen molar-refractivity contribution in [3.8, 4) is 0 Å². The molecule has 0 amide bonds. The standard InChI is InChI=1S/C6H6N4O2S/c1-13-6-9-3-2(4(11)10-6)7-5(12)8-3/h1H3,(H3,7,8,9,10,11,12). The Morgan fingerprint density at radius 2 is 2.00 bits per heavy atom. The second kappa shape index (κ2) is 2.77. The Labute approximate surface area is 75.8 Å². The van der Waals surface area contributed by atoms with Crippen LogP contribution in [0.1, 0.15) is 0 Å². The predicted octanol–water partition coefficient (Wildman–Crippen LogP) is -0.339. The summed E-state index contributed by atoms with van der Waals surface area (Å²) < 4.78 is 0. The van der Waals surface area contributed by atoms with Crippen LogP contribution >= 0.6 is 11.8 Å². The third kappa shape index (κ3) is 1.26. The van der Waals surface area contributed by atoms with Crippen molar-refractivity contribution in [2.24, 2.45) is 0 Å². The first-order chi connectivity index (χ1) is 6.20. The van der Waals surface area contributed by atoms with Gasteiger partial charge in [0.25, 0.3) is 5.56 Å². The van der Waals surface area contributed by atoms with Gasteiger partial charge < -0.3 is 0 Å². The maximum absolute atomic E-state index is 11.3. The lowest BCUT2D eigenvalue weighted by Crippen LogP contribution is -2.09. The van der Waals surface area contributed by atoms with E-state index in [0.29, 0.717) is 5.16 Å². The molecule has 2 heterocycles. The van der Waals surface area contributed by atoms with Gasteiger partial charge in [-0.3, -0.25) is 19.7 Å². The van der Waals surface area contributed by atoms with Crippen molar-refractivity contribution in [2.75, 3.05) is 6.26 Å². The summed E-state index contributed by atoms with van der Waals surface area (Å²) in [6.45, 7) is 0. The van der Waals surface area contributed by atoms with Crippen molar-refractivity contribution < 1.29 is 0 Å². The zero-order valence-corrected chi connectivity index (χ0v) is 7.49. The Bertz CT molecular complexity index is 551. The summed E-state index contributed by atoms with van der Waals surface area (Å²) in [5.41, 5.74) is -0.292. The first-order valence-corrected chi connectivity index (χ1v) is 4.69. The van der Waals surface area contributed by atoms with Gasteiger partial charge in [0.05, 0.1) is 0 Å². The van der Waals surface area contributed by atoms with Crippen LogP contribution in [0.25, 0.3) is 11.2 Å². The summed E-state index contributed by atoms with van der Waals surface area (Å²) in [5.74, 6) is 0. The predicted molar refractivity (Wildman–Crippen MR) is 49.1 cm³/mol. The zero-order valence-electron chi connectivity index (χ0n) is 6.67. The van der Waals surface area contributed by atoms with Crippen LogP contribution in [0.5, 0.6) is 0 Å². The molecule has 0 bridgehead atoms. The van der Waals surface area contributed by atoms with Crippen molar-refractivity contribution in [3.63, 3.8) is 0 Å². The van der Waals surface area contributed by atoms with E-state index >= 15 is 0 Å². The van der Waals surface area contributed by atoms with E-state index in [1.54, 1.807) is 6.26 Å². The molecule has 0 saturated carbocycles. The Balaban J connectivity index is 2.91. The maximum Gasteiger partial charge on any atom is 0.325 e. The quantitative estimate of drug-likeness (QED) is 0.431. The monoisotopic (exact) mass is 198 g/mol. The van der Waals surface area contributed by atoms with E-state index in [1.807, 2.05) is 0 Å². The number of rotatable bonds is 1. The third-order valence-electron chi connectivity index (χ3n) is 1.56. The van der Waals surface area contributed by atoms with Gasteiger partial charge in [-0.2, -0.15) is 0 Å². The van der Waals surface area contributed by atoms with Gasteiger partial charge in [0, 0.05) is 0 Å². The minimum atomic E-state index is -0.425. The molecule has 0 radical (unpaired) electrons. The van der Waals surface area contributed by atoms with Crippen LogP contribution in [0.3, 0.4) is 0 Å². The van der Waals surface area contributed by atoms with Crippen molar-refractivity contribution in [1.29, 1.82) is 0 Å². The van der Waals surface area contributed by atoms with Crippen molar-refractivity contribution >= 4 is 22.9 Å². The molecule has 6 nitrogen and oxygen atoms in total. The normalized spacial score (nSPS) is 10.8. The van der Waals surface area contributed by atoms with Crippen LogP contribution in [0.2, 0.25) is 0 Å². The van der Waals surface area contributed by atoms with Gasteiger partial charge in [-0.1, -0.05) is 11.8 Å². The van der Waals surface area contributed by atoms with E-state index in [4.69, 9.17) is 0 Å². The highest BCUT2D eigenvalue weighted by molar-refractivity contribution is 7.98. The molecule has 0 unspecified atom stereocenters. The van der Waals surface area contributed by atoms with Crippen LogP contribution in [0.4, 0.5) is 0 Å². The SMILES string of the molecule is CSc1nc2[nH]c(=O)[nH]c2c(=O)[nH]1. The molecule has 0 fully saturated rings. The number of hydrogen-bond donors (Lipinski definition) is 3. The molecular formula is C6H6N4O2S. The molecule has 2 rings (SSSR count). The average Bonchev–Trinajstić information content (AvgIpc) is 2.46. The van der Waals surface area contributed by atoms with Crippen LogP contribution in [0.15, 0.2) is 14.7 Å². The van der Waals surface area contributed by atoms with Gasteiger partial charge in [0.1, 0.15) is 0 Å². The Morgan fingerprint density at radius 3 is 2.69 bits per heavy atom. The van der Waals surface area contributed by atoms with Crippen LogP contribution in [0, 0.1) is 0 Å². The van der Waals surface area contributed by atoms with E-state index in [-0.39, 0.29) is 16.7 Å². The number of aromatic nitrogens is 4. The summed E-state index contributed by atoms with van der Waals surface area (Å²) in [6.07, 6.45) is 1.79. The topological polar surface area (TPSA) is 94.4 Å². The molecule has 2 aromatic heterocycles. The fraction of sp³-hybridized carbons (Fsp3) is 0.167. The van der Waals surface area contributed by atoms with E-state index in [1.165, 1.54) is 11.8 Å². The maximum atomic E-state index is 11.3. The Morgan fingerprint density at radius 1 is 1.23 bits per heavy atom. The highest BCUT2D eigenvalue weighted by atomic mass is 32.2. The minimum Gasteiger partial charge on any atom is -0.300 e. The number of nitrogens with one attached hydrogen (secondary N) is 3. The summed E-state index contributed by atoms with van der Waals surface area (Å²) in [4.78, 5) is 33.4. The van der Waals surface area contributed by atoms with Gasteiger partial charge in [0.15, 0.2) is 16.3 Å². The molecule has 0 spiro atoms. The molecule has 2 aromatic rings. The molecule has 0 aliphatic heterocycles. The van der Waals surface area contributed by atoms with E-state index < -0.39 is 5.69 Å². The van der Waals surface area contributed by atoms with Crippen LogP contribution < -0.4 is 11.2 Å². The Kier molecular flexibility index (Phi) is 1.73. The molecule has 0 saturated heterocycles. The smallest absolute Gasteiger partial charge is 0.300 e. The second-order valence-corrected chi connectivity index (χ2v) is 3.17. The summed E-state index contributed by atoms with van der Waals surface area (Å²) in [5, 5.41) is 0.479. The number of thioether (sulfide) groups is 1. The van der Waals surface area contributed by atoms with E-state index in [9.17, 15) is 9.59 Å². The van der Waals surface area contributed by atoms with Gasteiger partial charge in [-0.05, 0) is 6.26 Å². The number of imidazole rings is 1. The van der Waals surface area contributed by atoms with Crippen LogP contribution in [-0.2, 0) is 0 Å². The number of fused-ring (bicyclic) bond motifs is 1. The summed E-state index contributed by atoms with van der Waals surface area (Å²) in [7, 11) is 0. The lowest BCUT2D eigenvalue weighted by Gasteiger charge is -1.93. The molecular weight excluding hydrogens is 192 g/mol. The van der Waals surface area contributed by atoms with E-state index in [0.717, 1.165) is 0 Å². The summed E-state index contributed by atoms with van der Waals surface area (Å²) >= 11 is 1.30. The molecule has 0 atom stereocenters. The first-order valence-electron chi connectivity index (χ1n) is 3.47. The fourth-order valence-corrected chi connectivity index (χ4v) is 1.39. The number of aromatic amines is 3. The van der Waals surface area contributed by atoms with Gasteiger partial charge in [-0.25, -0.2) is 9.78 Å². The zero-order chi connectivity index (χ0) is 9.42. The highest BCUT2D eigenvalue weighted by Gasteiger charge is 2.05. The second-order valence-electron chi connectivity index (χ2n) is 2.38. The highest BCUT2D eigenvalue weighted by Crippen LogP contribution is 2.06. The van der Waals surface area contributed by atoms with Gasteiger partial charge in [-0.15, -0.1) is 0 Å². The van der Waals surface area contributed by atoms with Crippen LogP contribution in [-0.4, -0.2) is 26.2 Å². The first kappa shape index (κ1) is 8.11. The number of nitrogens with zero attached hydrogens (tertiary/aromatic N) is 1. The van der Waals surface area contributed by atoms with Gasteiger partial charge in [0.2, 0.25) is 0 Å². The minimum absolute atomic E-state index is 0.183. The van der Waals surface area contributed by atoms with Crippen molar-refractivity contribution in [1.82, 2.24) is 19.9 Å². The average molecular weight is 198 g/mol.